The third-order valence-electron chi connectivity index (χ3n) is 2.76. The van der Waals surface area contributed by atoms with Crippen molar-refractivity contribution in [3.8, 4) is 0 Å². The second-order valence-electron chi connectivity index (χ2n) is 4.37. The zero-order valence-electron chi connectivity index (χ0n) is 10.7. The van der Waals surface area contributed by atoms with E-state index in [9.17, 15) is 0 Å². The van der Waals surface area contributed by atoms with E-state index in [1.807, 2.05) is 11.3 Å². The van der Waals surface area contributed by atoms with Crippen molar-refractivity contribution in [2.24, 2.45) is 5.92 Å². The van der Waals surface area contributed by atoms with Gasteiger partial charge in [0.05, 0.1) is 0 Å². The van der Waals surface area contributed by atoms with E-state index in [1.54, 1.807) is 7.11 Å². The Balaban J connectivity index is 2.64. The number of ether oxygens (including phenoxy) is 1. The Bertz CT molecular complexity index is 298. The van der Waals surface area contributed by atoms with Crippen LogP contribution in [0.4, 0.5) is 0 Å². The smallest absolute Gasteiger partial charge is 0.0488 e. The van der Waals surface area contributed by atoms with Gasteiger partial charge in [0.1, 0.15) is 0 Å². The second-order valence-corrected chi connectivity index (χ2v) is 5.32. The fourth-order valence-electron chi connectivity index (χ4n) is 2.03. The van der Waals surface area contributed by atoms with Gasteiger partial charge in [-0.3, -0.25) is 0 Å². The first-order valence-electron chi connectivity index (χ1n) is 5.95. The van der Waals surface area contributed by atoms with Gasteiger partial charge in [0, 0.05) is 24.6 Å². The first-order chi connectivity index (χ1) is 7.69. The molecular weight excluding hydrogens is 218 g/mol. The summed E-state index contributed by atoms with van der Waals surface area (Å²) in [6, 6.07) is 2.68. The van der Waals surface area contributed by atoms with Gasteiger partial charge in [-0.05, 0) is 42.8 Å². The van der Waals surface area contributed by atoms with Gasteiger partial charge in [-0.25, -0.2) is 0 Å². The van der Waals surface area contributed by atoms with Gasteiger partial charge in [0.25, 0.3) is 0 Å². The van der Waals surface area contributed by atoms with Crippen molar-refractivity contribution in [3.05, 3.63) is 21.9 Å². The number of hydrogen-bond donors (Lipinski definition) is 1. The van der Waals surface area contributed by atoms with Crippen LogP contribution in [0, 0.1) is 12.8 Å². The van der Waals surface area contributed by atoms with E-state index in [4.69, 9.17) is 4.74 Å². The van der Waals surface area contributed by atoms with E-state index in [1.165, 1.54) is 10.4 Å². The van der Waals surface area contributed by atoms with Crippen molar-refractivity contribution >= 4 is 11.3 Å². The highest BCUT2D eigenvalue weighted by atomic mass is 32.1. The molecule has 0 saturated heterocycles. The Hall–Kier alpha value is -0.380. The van der Waals surface area contributed by atoms with Crippen LogP contribution in [-0.4, -0.2) is 20.3 Å². The van der Waals surface area contributed by atoms with Crippen LogP contribution in [0.2, 0.25) is 0 Å². The molecule has 0 saturated carbocycles. The lowest BCUT2D eigenvalue weighted by atomic mass is 9.99. The van der Waals surface area contributed by atoms with Crippen LogP contribution >= 0.6 is 11.3 Å². The van der Waals surface area contributed by atoms with Crippen LogP contribution in [0.25, 0.3) is 0 Å². The Morgan fingerprint density at radius 3 is 2.75 bits per heavy atom. The molecule has 1 aromatic heterocycles. The van der Waals surface area contributed by atoms with Gasteiger partial charge in [0.2, 0.25) is 0 Å². The van der Waals surface area contributed by atoms with Gasteiger partial charge in [-0.2, -0.15) is 0 Å². The number of rotatable bonds is 7. The molecule has 2 nitrogen and oxygen atoms in total. The first kappa shape index (κ1) is 13.7. The molecule has 16 heavy (non-hydrogen) atoms. The molecule has 0 spiro atoms. The van der Waals surface area contributed by atoms with Crippen molar-refractivity contribution in [3.63, 3.8) is 0 Å². The summed E-state index contributed by atoms with van der Waals surface area (Å²) in [6.07, 6.45) is 1.14. The van der Waals surface area contributed by atoms with Crippen molar-refractivity contribution < 1.29 is 4.74 Å². The van der Waals surface area contributed by atoms with E-state index in [0.29, 0.717) is 12.0 Å². The molecule has 0 amide bonds. The molecule has 0 fully saturated rings. The monoisotopic (exact) mass is 241 g/mol. The van der Waals surface area contributed by atoms with Crippen LogP contribution in [0.15, 0.2) is 11.4 Å². The summed E-state index contributed by atoms with van der Waals surface area (Å²) in [5.41, 5.74) is 1.40. The molecule has 1 rings (SSSR count). The largest absolute Gasteiger partial charge is 0.384 e. The molecular formula is C13H23NOS. The highest BCUT2D eigenvalue weighted by Gasteiger charge is 2.17. The zero-order valence-corrected chi connectivity index (χ0v) is 11.6. The predicted molar refractivity (Wildman–Crippen MR) is 71.1 cm³/mol. The third kappa shape index (κ3) is 3.89. The van der Waals surface area contributed by atoms with Crippen LogP contribution in [0.1, 0.15) is 36.8 Å². The molecule has 0 aliphatic rings. The predicted octanol–water partition coefficient (Wildman–Crippen LogP) is 3.38. The average Bonchev–Trinajstić information content (AvgIpc) is 2.64. The summed E-state index contributed by atoms with van der Waals surface area (Å²) < 4.78 is 5.21. The van der Waals surface area contributed by atoms with E-state index < -0.39 is 0 Å². The van der Waals surface area contributed by atoms with Gasteiger partial charge >= 0.3 is 0 Å². The second kappa shape index (κ2) is 7.05. The molecule has 2 unspecified atom stereocenters. The quantitative estimate of drug-likeness (QED) is 0.790. The lowest BCUT2D eigenvalue weighted by Gasteiger charge is -2.21. The van der Waals surface area contributed by atoms with Crippen LogP contribution < -0.4 is 5.32 Å². The summed E-state index contributed by atoms with van der Waals surface area (Å²) in [4.78, 5) is 1.48. The van der Waals surface area contributed by atoms with Crippen molar-refractivity contribution in [2.75, 3.05) is 20.3 Å². The molecule has 1 heterocycles. The van der Waals surface area contributed by atoms with Gasteiger partial charge in [-0.1, -0.05) is 13.8 Å². The molecule has 0 aromatic carbocycles. The van der Waals surface area contributed by atoms with E-state index in [2.05, 4.69) is 37.5 Å². The molecule has 0 bridgehead atoms. The van der Waals surface area contributed by atoms with E-state index in [-0.39, 0.29) is 0 Å². The zero-order chi connectivity index (χ0) is 12.0. The molecule has 2 atom stereocenters. The summed E-state index contributed by atoms with van der Waals surface area (Å²) in [5.74, 6) is 0.593. The minimum atomic E-state index is 0.482. The number of hydrogen-bond acceptors (Lipinski definition) is 3. The minimum Gasteiger partial charge on any atom is -0.384 e. The Labute approximate surface area is 103 Å². The molecule has 0 aliphatic carbocycles. The van der Waals surface area contributed by atoms with Crippen molar-refractivity contribution in [2.45, 2.75) is 33.2 Å². The molecule has 92 valence electrons. The Morgan fingerprint density at radius 1 is 1.50 bits per heavy atom. The maximum absolute atomic E-state index is 5.21. The summed E-state index contributed by atoms with van der Waals surface area (Å²) in [7, 11) is 1.77. The van der Waals surface area contributed by atoms with Gasteiger partial charge in [-0.15, -0.1) is 11.3 Å². The standard InChI is InChI=1S/C13H23NOS/c1-5-14-12(8-10(2)9-15-4)13-11(3)6-7-16-13/h6-7,10,12,14H,5,8-9H2,1-4H3. The number of thiophene rings is 1. The summed E-state index contributed by atoms with van der Waals surface area (Å²) in [6.45, 7) is 8.46. The molecule has 1 N–H and O–H groups in total. The highest BCUT2D eigenvalue weighted by Crippen LogP contribution is 2.28. The van der Waals surface area contributed by atoms with Crippen molar-refractivity contribution in [1.29, 1.82) is 0 Å². The van der Waals surface area contributed by atoms with Crippen LogP contribution in [0.3, 0.4) is 0 Å². The van der Waals surface area contributed by atoms with Gasteiger partial charge < -0.3 is 10.1 Å². The molecule has 3 heteroatoms. The number of aryl methyl sites for hydroxylation is 1. The maximum atomic E-state index is 5.21. The lowest BCUT2D eigenvalue weighted by Crippen LogP contribution is -2.23. The van der Waals surface area contributed by atoms with Gasteiger partial charge in [0.15, 0.2) is 0 Å². The molecule has 1 aromatic rings. The number of methoxy groups -OCH3 is 1. The minimum absolute atomic E-state index is 0.482. The molecule has 0 aliphatic heterocycles. The topological polar surface area (TPSA) is 21.3 Å². The SMILES string of the molecule is CCNC(CC(C)COC)c1sccc1C. The Morgan fingerprint density at radius 2 is 2.25 bits per heavy atom. The molecule has 0 radical (unpaired) electrons. The number of nitrogens with one attached hydrogen (secondary N) is 1. The highest BCUT2D eigenvalue weighted by molar-refractivity contribution is 7.10. The summed E-state index contributed by atoms with van der Waals surface area (Å²) in [5, 5.41) is 5.75. The summed E-state index contributed by atoms with van der Waals surface area (Å²) >= 11 is 1.85. The maximum Gasteiger partial charge on any atom is 0.0488 e. The normalized spacial score (nSPS) is 15.0. The average molecular weight is 241 g/mol. The van der Waals surface area contributed by atoms with Crippen LogP contribution in [-0.2, 0) is 4.74 Å². The van der Waals surface area contributed by atoms with Crippen LogP contribution in [0.5, 0.6) is 0 Å². The fraction of sp³-hybridized carbons (Fsp3) is 0.692. The lowest BCUT2D eigenvalue weighted by molar-refractivity contribution is 0.149. The fourth-order valence-corrected chi connectivity index (χ4v) is 3.04. The third-order valence-corrected chi connectivity index (χ3v) is 3.89. The van der Waals surface area contributed by atoms with E-state index >= 15 is 0 Å². The van der Waals surface area contributed by atoms with Crippen molar-refractivity contribution in [1.82, 2.24) is 5.32 Å². The first-order valence-corrected chi connectivity index (χ1v) is 6.83. The van der Waals surface area contributed by atoms with E-state index in [0.717, 1.165) is 19.6 Å². The Kier molecular flexibility index (Phi) is 6.03.